The molecular weight excluding hydrogens is 348 g/mol. The van der Waals surface area contributed by atoms with E-state index < -0.39 is 0 Å². The van der Waals surface area contributed by atoms with E-state index in [4.69, 9.17) is 0 Å². The molecule has 0 aliphatic carbocycles. The molecule has 0 amide bonds. The minimum atomic E-state index is 0.675. The molecule has 0 aliphatic heterocycles. The van der Waals surface area contributed by atoms with Crippen LogP contribution in [0.25, 0.3) is 0 Å². The summed E-state index contributed by atoms with van der Waals surface area (Å²) in [6.07, 6.45) is 1.70. The molecule has 2 aromatic rings. The van der Waals surface area contributed by atoms with E-state index in [-0.39, 0.29) is 0 Å². The molecule has 4 nitrogen and oxygen atoms in total. The summed E-state index contributed by atoms with van der Waals surface area (Å²) in [5, 5.41) is 7.50. The minimum absolute atomic E-state index is 0.675. The Balaban J connectivity index is 1.87. The van der Waals surface area contributed by atoms with Crippen molar-refractivity contribution in [2.75, 3.05) is 0 Å². The third-order valence-corrected chi connectivity index (χ3v) is 4.12. The van der Waals surface area contributed by atoms with Crippen molar-refractivity contribution < 1.29 is 0 Å². The zero-order chi connectivity index (χ0) is 12.3. The van der Waals surface area contributed by atoms with Crippen LogP contribution in [0.15, 0.2) is 33.5 Å². The zero-order valence-corrected chi connectivity index (χ0v) is 12.5. The Labute approximate surface area is 117 Å². The highest BCUT2D eigenvalue weighted by Gasteiger charge is 2.00. The van der Waals surface area contributed by atoms with Gasteiger partial charge in [0.25, 0.3) is 0 Å². The van der Waals surface area contributed by atoms with Gasteiger partial charge in [0, 0.05) is 22.5 Å². The maximum atomic E-state index is 4.20. The summed E-state index contributed by atoms with van der Waals surface area (Å²) in [6, 6.07) is 6.19. The molecule has 0 unspecified atom stereocenters. The number of hydrogen-bond donors (Lipinski definition) is 1. The summed E-state index contributed by atoms with van der Waals surface area (Å²) >= 11 is 6.93. The van der Waals surface area contributed by atoms with Crippen molar-refractivity contribution in [1.29, 1.82) is 0 Å². The van der Waals surface area contributed by atoms with Gasteiger partial charge in [-0.3, -0.25) is 4.68 Å². The van der Waals surface area contributed by atoms with Crippen LogP contribution in [0, 0.1) is 0 Å². The van der Waals surface area contributed by atoms with Crippen LogP contribution in [-0.2, 0) is 20.1 Å². The van der Waals surface area contributed by atoms with Crippen LogP contribution in [0.5, 0.6) is 0 Å². The Hall–Kier alpha value is -0.720. The van der Waals surface area contributed by atoms with E-state index in [2.05, 4.69) is 59.4 Å². The van der Waals surface area contributed by atoms with E-state index in [0.29, 0.717) is 6.54 Å². The van der Waals surface area contributed by atoms with Crippen LogP contribution >= 0.6 is 31.9 Å². The highest BCUT2D eigenvalue weighted by molar-refractivity contribution is 9.13. The van der Waals surface area contributed by atoms with Crippen molar-refractivity contribution in [2.45, 2.75) is 13.1 Å². The molecule has 0 bridgehead atoms. The van der Waals surface area contributed by atoms with Crippen molar-refractivity contribution in [1.82, 2.24) is 20.1 Å². The van der Waals surface area contributed by atoms with Crippen molar-refractivity contribution in [3.05, 3.63) is 44.9 Å². The van der Waals surface area contributed by atoms with Crippen LogP contribution in [-0.4, -0.2) is 14.8 Å². The van der Waals surface area contributed by atoms with E-state index >= 15 is 0 Å². The first-order valence-electron chi connectivity index (χ1n) is 5.14. The average Bonchev–Trinajstić information content (AvgIpc) is 2.70. The lowest BCUT2D eigenvalue weighted by Crippen LogP contribution is -2.14. The topological polar surface area (TPSA) is 42.7 Å². The van der Waals surface area contributed by atoms with Gasteiger partial charge in [0.2, 0.25) is 0 Å². The van der Waals surface area contributed by atoms with Crippen molar-refractivity contribution in [2.24, 2.45) is 7.05 Å². The molecule has 1 aromatic heterocycles. The molecule has 0 atom stereocenters. The first kappa shape index (κ1) is 12.7. The fourth-order valence-corrected chi connectivity index (χ4v) is 2.11. The van der Waals surface area contributed by atoms with Crippen LogP contribution in [0.3, 0.4) is 0 Å². The molecule has 90 valence electrons. The highest BCUT2D eigenvalue weighted by Crippen LogP contribution is 2.23. The summed E-state index contributed by atoms with van der Waals surface area (Å²) < 4.78 is 3.83. The van der Waals surface area contributed by atoms with Crippen molar-refractivity contribution in [3.8, 4) is 0 Å². The largest absolute Gasteiger partial charge is 0.306 e. The van der Waals surface area contributed by atoms with Gasteiger partial charge >= 0.3 is 0 Å². The van der Waals surface area contributed by atoms with Gasteiger partial charge in [0.1, 0.15) is 6.33 Å². The molecule has 0 radical (unpaired) electrons. The second-order valence-corrected chi connectivity index (χ2v) is 5.40. The first-order valence-corrected chi connectivity index (χ1v) is 6.73. The number of aryl methyl sites for hydroxylation is 1. The highest BCUT2D eigenvalue weighted by atomic mass is 79.9. The van der Waals surface area contributed by atoms with Gasteiger partial charge in [-0.1, -0.05) is 6.07 Å². The fraction of sp³-hybridized carbons (Fsp3) is 0.273. The maximum Gasteiger partial charge on any atom is 0.164 e. The van der Waals surface area contributed by atoms with Gasteiger partial charge < -0.3 is 5.32 Å². The number of nitrogens with one attached hydrogen (secondary N) is 1. The molecule has 1 heterocycles. The Morgan fingerprint density at radius 3 is 2.71 bits per heavy atom. The molecule has 2 rings (SSSR count). The predicted octanol–water partition coefficient (Wildman–Crippen LogP) is 2.63. The molecule has 0 fully saturated rings. The molecular formula is C11H12Br2N4. The number of nitrogens with zero attached hydrogens (tertiary/aromatic N) is 3. The van der Waals surface area contributed by atoms with Gasteiger partial charge in [-0.15, -0.1) is 0 Å². The van der Waals surface area contributed by atoms with Gasteiger partial charge in [0.05, 0.1) is 6.54 Å². The number of hydrogen-bond acceptors (Lipinski definition) is 3. The predicted molar refractivity (Wildman–Crippen MR) is 73.4 cm³/mol. The van der Waals surface area contributed by atoms with Crippen LogP contribution < -0.4 is 5.32 Å². The van der Waals surface area contributed by atoms with E-state index in [1.165, 1.54) is 5.56 Å². The summed E-state index contributed by atoms with van der Waals surface area (Å²) in [5.74, 6) is 0.809. The Morgan fingerprint density at radius 2 is 2.06 bits per heavy atom. The SMILES string of the molecule is Cn1cnc(CNCc2ccc(Br)c(Br)c2)n1. The first-order chi connectivity index (χ1) is 8.15. The molecule has 0 aliphatic rings. The van der Waals surface area contributed by atoms with Gasteiger partial charge in [0.15, 0.2) is 5.82 Å². The average molecular weight is 360 g/mol. The van der Waals surface area contributed by atoms with Crippen LogP contribution in [0.2, 0.25) is 0 Å². The third-order valence-electron chi connectivity index (χ3n) is 2.24. The smallest absolute Gasteiger partial charge is 0.164 e. The summed E-state index contributed by atoms with van der Waals surface area (Å²) in [5.41, 5.74) is 1.22. The quantitative estimate of drug-likeness (QED) is 0.912. The molecule has 0 saturated carbocycles. The van der Waals surface area contributed by atoms with Crippen molar-refractivity contribution >= 4 is 31.9 Å². The minimum Gasteiger partial charge on any atom is -0.306 e. The number of halogens is 2. The lowest BCUT2D eigenvalue weighted by Gasteiger charge is -2.04. The molecule has 6 heteroatoms. The molecule has 17 heavy (non-hydrogen) atoms. The van der Waals surface area contributed by atoms with E-state index in [9.17, 15) is 0 Å². The molecule has 1 aromatic carbocycles. The molecule has 0 saturated heterocycles. The van der Waals surface area contributed by atoms with Crippen LogP contribution in [0.1, 0.15) is 11.4 Å². The normalized spacial score (nSPS) is 10.8. The number of benzene rings is 1. The second-order valence-electron chi connectivity index (χ2n) is 3.69. The lowest BCUT2D eigenvalue weighted by atomic mass is 10.2. The molecule has 0 spiro atoms. The van der Waals surface area contributed by atoms with Crippen LogP contribution in [0.4, 0.5) is 0 Å². The standard InChI is InChI=1S/C11H12Br2N4/c1-17-7-15-11(16-17)6-14-5-8-2-3-9(12)10(13)4-8/h2-4,7,14H,5-6H2,1H3. The second kappa shape index (κ2) is 5.75. The summed E-state index contributed by atoms with van der Waals surface area (Å²) in [6.45, 7) is 1.47. The maximum absolute atomic E-state index is 4.20. The zero-order valence-electron chi connectivity index (χ0n) is 9.32. The van der Waals surface area contributed by atoms with E-state index in [1.807, 2.05) is 13.1 Å². The Bertz CT molecular complexity index is 510. The fourth-order valence-electron chi connectivity index (χ4n) is 1.43. The van der Waals surface area contributed by atoms with E-state index in [0.717, 1.165) is 21.3 Å². The Morgan fingerprint density at radius 1 is 1.24 bits per heavy atom. The van der Waals surface area contributed by atoms with Gasteiger partial charge in [-0.25, -0.2) is 4.98 Å². The number of aromatic nitrogens is 3. The lowest BCUT2D eigenvalue weighted by molar-refractivity contribution is 0.649. The third kappa shape index (κ3) is 3.62. The summed E-state index contributed by atoms with van der Waals surface area (Å²) in [4.78, 5) is 4.15. The van der Waals surface area contributed by atoms with Crippen molar-refractivity contribution in [3.63, 3.8) is 0 Å². The van der Waals surface area contributed by atoms with E-state index in [1.54, 1.807) is 11.0 Å². The van der Waals surface area contributed by atoms with Gasteiger partial charge in [-0.2, -0.15) is 5.10 Å². The Kier molecular flexibility index (Phi) is 4.31. The number of rotatable bonds is 4. The molecule has 1 N–H and O–H groups in total. The van der Waals surface area contributed by atoms with Gasteiger partial charge in [-0.05, 0) is 49.6 Å². The summed E-state index contributed by atoms with van der Waals surface area (Å²) in [7, 11) is 1.86. The monoisotopic (exact) mass is 358 g/mol.